The molecule has 0 saturated carbocycles. The maximum absolute atomic E-state index is 13.0. The molecule has 3 nitrogen and oxygen atoms in total. The molecule has 5 heteroatoms. The molecule has 19 heavy (non-hydrogen) atoms. The average Bonchev–Trinajstić information content (AvgIpc) is 2.39. The van der Waals surface area contributed by atoms with Gasteiger partial charge >= 0.3 is 0 Å². The Kier molecular flexibility index (Phi) is 8.21. The summed E-state index contributed by atoms with van der Waals surface area (Å²) in [5, 5.41) is 3.26. The van der Waals surface area contributed by atoms with Gasteiger partial charge in [0.25, 0.3) is 0 Å². The van der Waals surface area contributed by atoms with Crippen molar-refractivity contribution in [3.63, 3.8) is 0 Å². The molecule has 108 valence electrons. The van der Waals surface area contributed by atoms with Crippen molar-refractivity contribution in [3.8, 4) is 0 Å². The molecule has 0 aliphatic carbocycles. The number of methoxy groups -OCH3 is 1. The molecule has 0 saturated heterocycles. The van der Waals surface area contributed by atoms with Crippen molar-refractivity contribution in [1.29, 1.82) is 0 Å². The third-order valence-corrected chi connectivity index (χ3v) is 3.67. The van der Waals surface area contributed by atoms with E-state index in [0.717, 1.165) is 22.9 Å². The SMILES string of the molecule is CNC(CCOCCOC)Cc1ccc(F)cc1Br. The first-order chi connectivity index (χ1) is 9.17. The summed E-state index contributed by atoms with van der Waals surface area (Å²) in [5.74, 6) is -0.223. The number of hydrogen-bond donors (Lipinski definition) is 1. The van der Waals surface area contributed by atoms with E-state index >= 15 is 0 Å². The highest BCUT2D eigenvalue weighted by Gasteiger charge is 2.10. The molecule has 0 aromatic heterocycles. The van der Waals surface area contributed by atoms with Crippen LogP contribution in [0.1, 0.15) is 12.0 Å². The predicted molar refractivity (Wildman–Crippen MR) is 78.0 cm³/mol. The molecule has 0 fully saturated rings. The molecule has 0 spiro atoms. The van der Waals surface area contributed by atoms with E-state index in [9.17, 15) is 4.39 Å². The summed E-state index contributed by atoms with van der Waals surface area (Å²) in [6.45, 7) is 1.93. The van der Waals surface area contributed by atoms with E-state index in [0.29, 0.717) is 25.9 Å². The number of halogens is 2. The number of ether oxygens (including phenoxy) is 2. The van der Waals surface area contributed by atoms with E-state index in [1.165, 1.54) is 12.1 Å². The minimum atomic E-state index is -0.223. The fourth-order valence-electron chi connectivity index (χ4n) is 1.77. The summed E-state index contributed by atoms with van der Waals surface area (Å²) in [6.07, 6.45) is 1.75. The fourth-order valence-corrected chi connectivity index (χ4v) is 2.28. The van der Waals surface area contributed by atoms with Crippen LogP contribution in [0.5, 0.6) is 0 Å². The molecule has 0 radical (unpaired) electrons. The standard InChI is InChI=1S/C14H21BrFNO2/c1-17-13(5-6-19-8-7-18-2)9-11-3-4-12(16)10-14(11)15/h3-4,10,13,17H,5-9H2,1-2H3. The Hall–Kier alpha value is -0.490. The number of hydrogen-bond acceptors (Lipinski definition) is 3. The van der Waals surface area contributed by atoms with Crippen LogP contribution in [0.3, 0.4) is 0 Å². The zero-order valence-corrected chi connectivity index (χ0v) is 13.0. The molecule has 0 heterocycles. The Morgan fingerprint density at radius 3 is 2.74 bits per heavy atom. The molecule has 1 aromatic rings. The van der Waals surface area contributed by atoms with Gasteiger partial charge in [0.1, 0.15) is 5.82 Å². The quantitative estimate of drug-likeness (QED) is 0.705. The summed E-state index contributed by atoms with van der Waals surface area (Å²) in [5.41, 5.74) is 1.10. The van der Waals surface area contributed by atoms with E-state index in [2.05, 4.69) is 21.2 Å². The highest BCUT2D eigenvalue weighted by Crippen LogP contribution is 2.20. The monoisotopic (exact) mass is 333 g/mol. The molecular formula is C14H21BrFNO2. The van der Waals surface area contributed by atoms with E-state index < -0.39 is 0 Å². The third-order valence-electron chi connectivity index (χ3n) is 2.93. The highest BCUT2D eigenvalue weighted by atomic mass is 79.9. The molecule has 1 atom stereocenters. The van der Waals surface area contributed by atoms with Gasteiger partial charge in [0.05, 0.1) is 13.2 Å². The van der Waals surface area contributed by atoms with Crippen molar-refractivity contribution < 1.29 is 13.9 Å². The molecule has 0 bridgehead atoms. The van der Waals surface area contributed by atoms with Crippen molar-refractivity contribution in [2.24, 2.45) is 0 Å². The third kappa shape index (κ3) is 6.47. The van der Waals surface area contributed by atoms with E-state index in [1.54, 1.807) is 7.11 Å². The molecule has 1 aromatic carbocycles. The van der Waals surface area contributed by atoms with Gasteiger partial charge in [0, 0.05) is 24.2 Å². The average molecular weight is 334 g/mol. The van der Waals surface area contributed by atoms with Gasteiger partial charge in [-0.15, -0.1) is 0 Å². The summed E-state index contributed by atoms with van der Waals surface area (Å²) in [4.78, 5) is 0. The Labute approximate surface area is 122 Å². The molecule has 0 aliphatic heterocycles. The van der Waals surface area contributed by atoms with Gasteiger partial charge < -0.3 is 14.8 Å². The van der Waals surface area contributed by atoms with Gasteiger partial charge in [-0.05, 0) is 37.6 Å². The number of benzene rings is 1. The lowest BCUT2D eigenvalue weighted by Crippen LogP contribution is -2.29. The minimum Gasteiger partial charge on any atom is -0.382 e. The summed E-state index contributed by atoms with van der Waals surface area (Å²) in [6, 6.07) is 5.11. The summed E-state index contributed by atoms with van der Waals surface area (Å²) in [7, 11) is 3.59. The van der Waals surface area contributed by atoms with Crippen LogP contribution in [-0.2, 0) is 15.9 Å². The van der Waals surface area contributed by atoms with Gasteiger partial charge in [0.15, 0.2) is 0 Å². The summed E-state index contributed by atoms with van der Waals surface area (Å²) < 4.78 is 24.2. The predicted octanol–water partition coefficient (Wildman–Crippen LogP) is 2.77. The van der Waals surface area contributed by atoms with Crippen LogP contribution in [0.15, 0.2) is 22.7 Å². The molecular weight excluding hydrogens is 313 g/mol. The van der Waals surface area contributed by atoms with Crippen LogP contribution in [-0.4, -0.2) is 40.0 Å². The lowest BCUT2D eigenvalue weighted by molar-refractivity contribution is 0.0661. The Bertz CT molecular complexity index is 376. The van der Waals surface area contributed by atoms with Crippen LogP contribution in [0, 0.1) is 5.82 Å². The maximum atomic E-state index is 13.0. The van der Waals surface area contributed by atoms with Gasteiger partial charge in [-0.1, -0.05) is 22.0 Å². The fraction of sp³-hybridized carbons (Fsp3) is 0.571. The van der Waals surface area contributed by atoms with E-state index in [1.807, 2.05) is 13.1 Å². The van der Waals surface area contributed by atoms with Crippen molar-refractivity contribution in [2.75, 3.05) is 34.0 Å². The first-order valence-electron chi connectivity index (χ1n) is 6.35. The van der Waals surface area contributed by atoms with Crippen molar-refractivity contribution in [2.45, 2.75) is 18.9 Å². The highest BCUT2D eigenvalue weighted by molar-refractivity contribution is 9.10. The number of likely N-dealkylation sites (N-methyl/N-ethyl adjacent to an activating group) is 1. The number of nitrogens with one attached hydrogen (secondary N) is 1. The van der Waals surface area contributed by atoms with Crippen molar-refractivity contribution in [3.05, 3.63) is 34.1 Å². The second kappa shape index (κ2) is 9.42. The van der Waals surface area contributed by atoms with Crippen LogP contribution in [0.2, 0.25) is 0 Å². The lowest BCUT2D eigenvalue weighted by atomic mass is 10.0. The van der Waals surface area contributed by atoms with Gasteiger partial charge in [-0.3, -0.25) is 0 Å². The van der Waals surface area contributed by atoms with E-state index in [-0.39, 0.29) is 5.82 Å². The topological polar surface area (TPSA) is 30.5 Å². The van der Waals surface area contributed by atoms with Crippen molar-refractivity contribution >= 4 is 15.9 Å². The normalized spacial score (nSPS) is 12.6. The van der Waals surface area contributed by atoms with Crippen LogP contribution in [0.25, 0.3) is 0 Å². The Morgan fingerprint density at radius 2 is 2.11 bits per heavy atom. The molecule has 1 unspecified atom stereocenters. The zero-order chi connectivity index (χ0) is 14.1. The van der Waals surface area contributed by atoms with Gasteiger partial charge in [0.2, 0.25) is 0 Å². The molecule has 1 N–H and O–H groups in total. The molecule has 0 aliphatic rings. The second-order valence-corrected chi connectivity index (χ2v) is 5.17. The van der Waals surface area contributed by atoms with Crippen LogP contribution >= 0.6 is 15.9 Å². The smallest absolute Gasteiger partial charge is 0.124 e. The lowest BCUT2D eigenvalue weighted by Gasteiger charge is -2.17. The summed E-state index contributed by atoms with van der Waals surface area (Å²) >= 11 is 3.39. The van der Waals surface area contributed by atoms with E-state index in [4.69, 9.17) is 9.47 Å². The zero-order valence-electron chi connectivity index (χ0n) is 11.4. The Morgan fingerprint density at radius 1 is 1.32 bits per heavy atom. The second-order valence-electron chi connectivity index (χ2n) is 4.32. The maximum Gasteiger partial charge on any atom is 0.124 e. The minimum absolute atomic E-state index is 0.223. The largest absolute Gasteiger partial charge is 0.382 e. The van der Waals surface area contributed by atoms with Gasteiger partial charge in [-0.2, -0.15) is 0 Å². The Balaban J connectivity index is 2.39. The number of rotatable bonds is 9. The van der Waals surface area contributed by atoms with Gasteiger partial charge in [-0.25, -0.2) is 4.39 Å². The molecule has 0 amide bonds. The van der Waals surface area contributed by atoms with Crippen molar-refractivity contribution in [1.82, 2.24) is 5.32 Å². The molecule has 1 rings (SSSR count). The van der Waals surface area contributed by atoms with Crippen LogP contribution in [0.4, 0.5) is 4.39 Å². The first-order valence-corrected chi connectivity index (χ1v) is 7.14. The van der Waals surface area contributed by atoms with Crippen LogP contribution < -0.4 is 5.32 Å². The first kappa shape index (κ1) is 16.6.